The zero-order valence-electron chi connectivity index (χ0n) is 7.84. The number of carbonyl (C=O) groups is 1. The lowest BCUT2D eigenvalue weighted by molar-refractivity contribution is -0.139. The predicted octanol–water partition coefficient (Wildman–Crippen LogP) is 0.155. The quantitative estimate of drug-likeness (QED) is 0.270. The van der Waals surface area contributed by atoms with Gasteiger partial charge in [-0.15, -0.1) is 0 Å². The Morgan fingerprint density at radius 2 is 2.23 bits per heavy atom. The summed E-state index contributed by atoms with van der Waals surface area (Å²) in [6.45, 7) is 2.11. The molecular weight excluding hydrogens is 170 g/mol. The largest absolute Gasteiger partial charge is 0.480 e. The first-order valence-corrected chi connectivity index (χ1v) is 4.32. The molecule has 5 heteroatoms. The molecule has 0 bridgehead atoms. The molecule has 0 saturated heterocycles. The molecule has 13 heavy (non-hydrogen) atoms. The Morgan fingerprint density at radius 1 is 1.62 bits per heavy atom. The van der Waals surface area contributed by atoms with Crippen LogP contribution in [0.4, 0.5) is 0 Å². The molecule has 0 aromatic heterocycles. The van der Waals surface area contributed by atoms with Crippen LogP contribution in [-0.4, -0.2) is 29.5 Å². The number of nitrogens with two attached hydrogens (primary N) is 1. The average Bonchev–Trinajstić information content (AvgIpc) is 2.02. The molecule has 0 saturated carbocycles. The molecule has 0 rings (SSSR count). The summed E-state index contributed by atoms with van der Waals surface area (Å²) in [5.41, 5.74) is 5.28. The smallest absolute Gasteiger partial charge is 0.326 e. The SMILES string of the molecule is CC(=N)N[C@@H](CCCCN)C(=O)O. The van der Waals surface area contributed by atoms with Gasteiger partial charge in [0.1, 0.15) is 6.04 Å². The Bertz CT molecular complexity index is 182. The van der Waals surface area contributed by atoms with Crippen LogP contribution < -0.4 is 11.1 Å². The van der Waals surface area contributed by atoms with E-state index in [9.17, 15) is 4.79 Å². The van der Waals surface area contributed by atoms with Gasteiger partial charge in [0.25, 0.3) is 0 Å². The Balaban J connectivity index is 3.81. The van der Waals surface area contributed by atoms with E-state index in [-0.39, 0.29) is 5.84 Å². The Morgan fingerprint density at radius 3 is 2.62 bits per heavy atom. The van der Waals surface area contributed by atoms with Gasteiger partial charge in [-0.1, -0.05) is 0 Å². The van der Waals surface area contributed by atoms with Crippen molar-refractivity contribution in [3.63, 3.8) is 0 Å². The van der Waals surface area contributed by atoms with E-state index < -0.39 is 12.0 Å². The lowest BCUT2D eigenvalue weighted by Gasteiger charge is -2.13. The van der Waals surface area contributed by atoms with Gasteiger partial charge in [-0.2, -0.15) is 0 Å². The average molecular weight is 187 g/mol. The van der Waals surface area contributed by atoms with Gasteiger partial charge < -0.3 is 16.2 Å². The number of nitrogens with one attached hydrogen (secondary N) is 2. The molecule has 0 unspecified atom stereocenters. The van der Waals surface area contributed by atoms with Crippen molar-refractivity contribution < 1.29 is 9.90 Å². The molecule has 0 radical (unpaired) electrons. The summed E-state index contributed by atoms with van der Waals surface area (Å²) in [5, 5.41) is 18.4. The second kappa shape index (κ2) is 6.42. The molecule has 5 nitrogen and oxygen atoms in total. The zero-order chi connectivity index (χ0) is 10.3. The predicted molar refractivity (Wildman–Crippen MR) is 50.9 cm³/mol. The van der Waals surface area contributed by atoms with Gasteiger partial charge in [0.2, 0.25) is 0 Å². The van der Waals surface area contributed by atoms with Crippen LogP contribution in [0.1, 0.15) is 26.2 Å². The van der Waals surface area contributed by atoms with Gasteiger partial charge in [-0.05, 0) is 32.7 Å². The Labute approximate surface area is 77.8 Å². The first kappa shape index (κ1) is 11.9. The van der Waals surface area contributed by atoms with E-state index in [1.807, 2.05) is 0 Å². The molecule has 76 valence electrons. The molecule has 0 aromatic rings. The third kappa shape index (κ3) is 6.10. The third-order valence-corrected chi connectivity index (χ3v) is 1.64. The monoisotopic (exact) mass is 187 g/mol. The lowest BCUT2D eigenvalue weighted by atomic mass is 10.1. The van der Waals surface area contributed by atoms with E-state index in [4.69, 9.17) is 16.2 Å². The van der Waals surface area contributed by atoms with Crippen LogP contribution >= 0.6 is 0 Å². The van der Waals surface area contributed by atoms with Crippen LogP contribution in [0.25, 0.3) is 0 Å². The highest BCUT2D eigenvalue weighted by atomic mass is 16.4. The fourth-order valence-electron chi connectivity index (χ4n) is 1.01. The number of hydrogen-bond donors (Lipinski definition) is 4. The standard InChI is InChI=1S/C8H17N3O2/c1-6(10)11-7(8(12)13)4-2-3-5-9/h7H,2-5,9H2,1H3,(H2,10,11)(H,12,13)/t7-/m0/s1. The van der Waals surface area contributed by atoms with Crippen LogP contribution in [0.3, 0.4) is 0 Å². The van der Waals surface area contributed by atoms with Gasteiger partial charge in [0.15, 0.2) is 0 Å². The summed E-state index contributed by atoms with van der Waals surface area (Å²) in [7, 11) is 0. The topological polar surface area (TPSA) is 99.2 Å². The second-order valence-electron chi connectivity index (χ2n) is 2.94. The van der Waals surface area contributed by atoms with Crippen molar-refractivity contribution in [3.8, 4) is 0 Å². The highest BCUT2D eigenvalue weighted by Crippen LogP contribution is 2.00. The summed E-state index contributed by atoms with van der Waals surface area (Å²) in [6, 6.07) is -0.649. The molecule has 0 aromatic carbocycles. The maximum absolute atomic E-state index is 10.6. The van der Waals surface area contributed by atoms with Crippen LogP contribution in [0.15, 0.2) is 0 Å². The summed E-state index contributed by atoms with van der Waals surface area (Å²) in [6.07, 6.45) is 2.11. The molecule has 5 N–H and O–H groups in total. The van der Waals surface area contributed by atoms with E-state index in [0.29, 0.717) is 13.0 Å². The molecule has 0 heterocycles. The number of hydrogen-bond acceptors (Lipinski definition) is 3. The van der Waals surface area contributed by atoms with Gasteiger partial charge in [0.05, 0.1) is 5.84 Å². The highest BCUT2D eigenvalue weighted by Gasteiger charge is 2.15. The van der Waals surface area contributed by atoms with Crippen LogP contribution in [0.2, 0.25) is 0 Å². The van der Waals surface area contributed by atoms with E-state index >= 15 is 0 Å². The summed E-state index contributed by atoms with van der Waals surface area (Å²) >= 11 is 0. The maximum atomic E-state index is 10.6. The highest BCUT2D eigenvalue weighted by molar-refractivity contribution is 5.83. The number of carboxylic acid groups (broad SMARTS) is 1. The number of amidine groups is 1. The lowest BCUT2D eigenvalue weighted by Crippen LogP contribution is -2.39. The minimum absolute atomic E-state index is 0.181. The molecule has 0 amide bonds. The van der Waals surface area contributed by atoms with Crippen LogP contribution in [0.5, 0.6) is 0 Å². The molecular formula is C8H17N3O2. The first-order valence-electron chi connectivity index (χ1n) is 4.32. The minimum atomic E-state index is -0.913. The Hall–Kier alpha value is -1.10. The van der Waals surface area contributed by atoms with Gasteiger partial charge in [-0.25, -0.2) is 4.79 Å². The summed E-state index contributed by atoms with van der Waals surface area (Å²) in [5.74, 6) is -0.733. The fourth-order valence-corrected chi connectivity index (χ4v) is 1.01. The molecule has 0 aliphatic rings. The van der Waals surface area contributed by atoms with Gasteiger partial charge in [0, 0.05) is 0 Å². The molecule has 0 spiro atoms. The molecule has 0 aliphatic heterocycles. The van der Waals surface area contributed by atoms with Crippen molar-refractivity contribution in [2.75, 3.05) is 6.54 Å². The van der Waals surface area contributed by atoms with Crippen molar-refractivity contribution >= 4 is 11.8 Å². The van der Waals surface area contributed by atoms with E-state index in [1.54, 1.807) is 0 Å². The minimum Gasteiger partial charge on any atom is -0.480 e. The fraction of sp³-hybridized carbons (Fsp3) is 0.750. The third-order valence-electron chi connectivity index (χ3n) is 1.64. The maximum Gasteiger partial charge on any atom is 0.326 e. The number of aliphatic carboxylic acids is 1. The van der Waals surface area contributed by atoms with Crippen molar-refractivity contribution in [1.82, 2.24) is 5.32 Å². The van der Waals surface area contributed by atoms with Gasteiger partial charge >= 0.3 is 5.97 Å². The molecule has 0 fully saturated rings. The van der Waals surface area contributed by atoms with Crippen molar-refractivity contribution in [1.29, 1.82) is 5.41 Å². The van der Waals surface area contributed by atoms with Crippen LogP contribution in [0, 0.1) is 5.41 Å². The normalized spacial score (nSPS) is 12.2. The number of unbranched alkanes of at least 4 members (excludes halogenated alkanes) is 1. The molecule has 0 aliphatic carbocycles. The summed E-state index contributed by atoms with van der Waals surface area (Å²) in [4.78, 5) is 10.6. The second-order valence-corrected chi connectivity index (χ2v) is 2.94. The Kier molecular flexibility index (Phi) is 5.88. The van der Waals surface area contributed by atoms with Crippen molar-refractivity contribution in [3.05, 3.63) is 0 Å². The first-order chi connectivity index (χ1) is 6.07. The summed E-state index contributed by atoms with van der Waals surface area (Å²) < 4.78 is 0. The number of rotatable bonds is 6. The molecule has 1 atom stereocenters. The van der Waals surface area contributed by atoms with Crippen molar-refractivity contribution in [2.24, 2.45) is 5.73 Å². The zero-order valence-corrected chi connectivity index (χ0v) is 7.84. The van der Waals surface area contributed by atoms with Gasteiger partial charge in [-0.3, -0.25) is 5.41 Å². The number of carboxylic acids is 1. The van der Waals surface area contributed by atoms with E-state index in [2.05, 4.69) is 5.32 Å². The van der Waals surface area contributed by atoms with Crippen LogP contribution in [-0.2, 0) is 4.79 Å². The van der Waals surface area contributed by atoms with E-state index in [1.165, 1.54) is 6.92 Å². The van der Waals surface area contributed by atoms with Crippen molar-refractivity contribution in [2.45, 2.75) is 32.2 Å². The van der Waals surface area contributed by atoms with E-state index in [0.717, 1.165) is 12.8 Å².